The molecule has 6 nitrogen and oxygen atoms in total. The standard InChI is InChI=1S/C20H29N3O3/c1-21(17-6-3-2-4-7-17)14-19(26)22-11-5-9-20(15-22)10-8-18(25)23(16-20)12-13-24/h2-4,6-7,24H,5,8-16H2,1H3/t20-/m1/s1. The third-order valence-corrected chi connectivity index (χ3v) is 5.70. The van der Waals surface area contributed by atoms with Crippen LogP contribution in [0, 0.1) is 5.41 Å². The van der Waals surface area contributed by atoms with Crippen molar-refractivity contribution in [2.75, 3.05) is 51.3 Å². The van der Waals surface area contributed by atoms with Gasteiger partial charge in [-0.05, 0) is 31.4 Å². The van der Waals surface area contributed by atoms with E-state index in [9.17, 15) is 14.7 Å². The molecule has 1 aromatic carbocycles. The molecule has 2 amide bonds. The molecule has 0 aromatic heterocycles. The minimum Gasteiger partial charge on any atom is -0.395 e. The van der Waals surface area contributed by atoms with Crippen molar-refractivity contribution in [1.82, 2.24) is 9.80 Å². The molecule has 0 bridgehead atoms. The lowest BCUT2D eigenvalue weighted by atomic mass is 9.73. The molecule has 6 heteroatoms. The molecule has 1 N–H and O–H groups in total. The number of aliphatic hydroxyl groups excluding tert-OH is 1. The molecule has 2 aliphatic rings. The summed E-state index contributed by atoms with van der Waals surface area (Å²) in [6, 6.07) is 9.92. The Morgan fingerprint density at radius 2 is 2.00 bits per heavy atom. The number of aliphatic hydroxyl groups is 1. The fourth-order valence-corrected chi connectivity index (χ4v) is 4.26. The predicted octanol–water partition coefficient (Wildman–Crippen LogP) is 1.35. The number of carbonyl (C=O) groups is 2. The molecule has 0 saturated carbocycles. The molecule has 1 spiro atoms. The van der Waals surface area contributed by atoms with Crippen LogP contribution in [0.15, 0.2) is 30.3 Å². The van der Waals surface area contributed by atoms with Crippen molar-refractivity contribution in [1.29, 1.82) is 0 Å². The van der Waals surface area contributed by atoms with Crippen LogP contribution in [0.25, 0.3) is 0 Å². The van der Waals surface area contributed by atoms with Gasteiger partial charge in [-0.3, -0.25) is 9.59 Å². The first-order chi connectivity index (χ1) is 12.5. The second-order valence-corrected chi connectivity index (χ2v) is 7.65. The second kappa shape index (κ2) is 8.08. The van der Waals surface area contributed by atoms with Gasteiger partial charge in [0.25, 0.3) is 0 Å². The molecule has 2 aliphatic heterocycles. The SMILES string of the molecule is CN(CC(=O)N1CCC[C@@]2(CCC(=O)N(CCO)C2)C1)c1ccccc1. The number of nitrogens with zero attached hydrogens (tertiary/aromatic N) is 3. The van der Waals surface area contributed by atoms with Gasteiger partial charge in [0, 0.05) is 50.7 Å². The smallest absolute Gasteiger partial charge is 0.242 e. The van der Waals surface area contributed by atoms with E-state index < -0.39 is 0 Å². The average molecular weight is 359 g/mol. The van der Waals surface area contributed by atoms with Crippen molar-refractivity contribution in [3.05, 3.63) is 30.3 Å². The van der Waals surface area contributed by atoms with Crippen LogP contribution in [0.3, 0.4) is 0 Å². The van der Waals surface area contributed by atoms with Gasteiger partial charge < -0.3 is 19.8 Å². The molecule has 1 atom stereocenters. The zero-order valence-electron chi connectivity index (χ0n) is 15.6. The third kappa shape index (κ3) is 4.18. The van der Waals surface area contributed by atoms with Crippen molar-refractivity contribution in [3.8, 4) is 0 Å². The lowest BCUT2D eigenvalue weighted by Crippen LogP contribution is -2.56. The highest BCUT2D eigenvalue weighted by Gasteiger charge is 2.42. The van der Waals surface area contributed by atoms with Crippen LogP contribution >= 0.6 is 0 Å². The first kappa shape index (κ1) is 18.7. The van der Waals surface area contributed by atoms with E-state index in [2.05, 4.69) is 0 Å². The maximum absolute atomic E-state index is 12.8. The van der Waals surface area contributed by atoms with E-state index in [4.69, 9.17) is 0 Å². The van der Waals surface area contributed by atoms with E-state index in [1.165, 1.54) is 0 Å². The summed E-state index contributed by atoms with van der Waals surface area (Å²) in [6.07, 6.45) is 3.38. The minimum absolute atomic E-state index is 0.00760. The van der Waals surface area contributed by atoms with Crippen molar-refractivity contribution in [2.24, 2.45) is 5.41 Å². The molecule has 0 radical (unpaired) electrons. The van der Waals surface area contributed by atoms with Crippen LogP contribution in [0.2, 0.25) is 0 Å². The summed E-state index contributed by atoms with van der Waals surface area (Å²) >= 11 is 0. The van der Waals surface area contributed by atoms with Gasteiger partial charge in [0.1, 0.15) is 0 Å². The molecule has 2 heterocycles. The molecule has 0 aliphatic carbocycles. The van der Waals surface area contributed by atoms with Gasteiger partial charge in [-0.1, -0.05) is 18.2 Å². The molecule has 2 fully saturated rings. The molecular weight excluding hydrogens is 330 g/mol. The Morgan fingerprint density at radius 3 is 2.73 bits per heavy atom. The molecule has 142 valence electrons. The maximum Gasteiger partial charge on any atom is 0.242 e. The van der Waals surface area contributed by atoms with Crippen LogP contribution in [0.5, 0.6) is 0 Å². The zero-order valence-corrected chi connectivity index (χ0v) is 15.6. The summed E-state index contributed by atoms with van der Waals surface area (Å²) in [4.78, 5) is 30.6. The van der Waals surface area contributed by atoms with Crippen LogP contribution < -0.4 is 4.90 Å². The summed E-state index contributed by atoms with van der Waals surface area (Å²) < 4.78 is 0. The largest absolute Gasteiger partial charge is 0.395 e. The van der Waals surface area contributed by atoms with Gasteiger partial charge in [0.05, 0.1) is 13.2 Å². The van der Waals surface area contributed by atoms with E-state index in [-0.39, 0.29) is 23.8 Å². The summed E-state index contributed by atoms with van der Waals surface area (Å²) in [7, 11) is 1.94. The normalized spacial score (nSPS) is 23.4. The number of piperidine rings is 2. The first-order valence-electron chi connectivity index (χ1n) is 9.46. The van der Waals surface area contributed by atoms with Gasteiger partial charge in [-0.15, -0.1) is 0 Å². The lowest BCUT2D eigenvalue weighted by Gasteiger charge is -2.48. The number of carbonyl (C=O) groups excluding carboxylic acids is 2. The Balaban J connectivity index is 1.62. The Bertz CT molecular complexity index is 636. The highest BCUT2D eigenvalue weighted by atomic mass is 16.3. The van der Waals surface area contributed by atoms with Gasteiger partial charge in [0.15, 0.2) is 0 Å². The van der Waals surface area contributed by atoms with E-state index in [1.807, 2.05) is 47.2 Å². The highest BCUT2D eigenvalue weighted by Crippen LogP contribution is 2.38. The number of β-amino-alcohol motifs (C(OH)–C–C–N with tert-alkyl or cyclic N) is 1. The van der Waals surface area contributed by atoms with Crippen LogP contribution in [-0.2, 0) is 9.59 Å². The molecule has 26 heavy (non-hydrogen) atoms. The number of anilines is 1. The Labute approximate surface area is 155 Å². The fraction of sp³-hybridized carbons (Fsp3) is 0.600. The topological polar surface area (TPSA) is 64.1 Å². The maximum atomic E-state index is 12.8. The molecular formula is C20H29N3O3. The molecule has 3 rings (SSSR count). The number of amides is 2. The van der Waals surface area contributed by atoms with Gasteiger partial charge >= 0.3 is 0 Å². The number of likely N-dealkylation sites (tertiary alicyclic amines) is 2. The van der Waals surface area contributed by atoms with Crippen LogP contribution in [-0.4, -0.2) is 73.1 Å². The number of benzene rings is 1. The van der Waals surface area contributed by atoms with Crippen molar-refractivity contribution < 1.29 is 14.7 Å². The van der Waals surface area contributed by atoms with Gasteiger partial charge in [-0.25, -0.2) is 0 Å². The lowest BCUT2D eigenvalue weighted by molar-refractivity contribution is -0.143. The average Bonchev–Trinajstić information content (AvgIpc) is 2.66. The van der Waals surface area contributed by atoms with E-state index in [0.717, 1.165) is 31.5 Å². The van der Waals surface area contributed by atoms with E-state index >= 15 is 0 Å². The van der Waals surface area contributed by atoms with Gasteiger partial charge in [-0.2, -0.15) is 0 Å². The molecule has 0 unspecified atom stereocenters. The Kier molecular flexibility index (Phi) is 5.81. The first-order valence-corrected chi connectivity index (χ1v) is 9.46. The molecule has 2 saturated heterocycles. The highest BCUT2D eigenvalue weighted by molar-refractivity contribution is 5.81. The fourth-order valence-electron chi connectivity index (χ4n) is 4.26. The summed E-state index contributed by atoms with van der Waals surface area (Å²) in [5, 5.41) is 9.21. The Morgan fingerprint density at radius 1 is 1.23 bits per heavy atom. The van der Waals surface area contributed by atoms with Gasteiger partial charge in [0.2, 0.25) is 11.8 Å². The van der Waals surface area contributed by atoms with Crippen molar-refractivity contribution in [2.45, 2.75) is 25.7 Å². The number of rotatable bonds is 5. The summed E-state index contributed by atoms with van der Waals surface area (Å²) in [5.41, 5.74) is 1.02. The van der Waals surface area contributed by atoms with Crippen LogP contribution in [0.1, 0.15) is 25.7 Å². The predicted molar refractivity (Wildman–Crippen MR) is 101 cm³/mol. The second-order valence-electron chi connectivity index (χ2n) is 7.65. The summed E-state index contributed by atoms with van der Waals surface area (Å²) in [6.45, 7) is 2.91. The van der Waals surface area contributed by atoms with Crippen LogP contribution in [0.4, 0.5) is 5.69 Å². The van der Waals surface area contributed by atoms with E-state index in [1.54, 1.807) is 4.90 Å². The number of hydrogen-bond acceptors (Lipinski definition) is 4. The monoisotopic (exact) mass is 359 g/mol. The third-order valence-electron chi connectivity index (χ3n) is 5.70. The number of hydrogen-bond donors (Lipinski definition) is 1. The van der Waals surface area contributed by atoms with Crippen molar-refractivity contribution >= 4 is 17.5 Å². The minimum atomic E-state index is -0.0116. The molecule has 1 aromatic rings. The quantitative estimate of drug-likeness (QED) is 0.862. The summed E-state index contributed by atoms with van der Waals surface area (Å²) in [5.74, 6) is 0.262. The zero-order chi connectivity index (χ0) is 18.6. The number of para-hydroxylation sites is 1. The Hall–Kier alpha value is -2.08. The number of likely N-dealkylation sites (N-methyl/N-ethyl adjacent to an activating group) is 1. The van der Waals surface area contributed by atoms with Crippen molar-refractivity contribution in [3.63, 3.8) is 0 Å². The van der Waals surface area contributed by atoms with E-state index in [0.29, 0.717) is 32.6 Å².